The van der Waals surface area contributed by atoms with Gasteiger partial charge in [0.2, 0.25) is 11.7 Å². The second-order valence-electron chi connectivity index (χ2n) is 6.12. The van der Waals surface area contributed by atoms with Crippen LogP contribution in [0.15, 0.2) is 28.8 Å². The highest BCUT2D eigenvalue weighted by molar-refractivity contribution is 5.22. The maximum absolute atomic E-state index is 13.1. The summed E-state index contributed by atoms with van der Waals surface area (Å²) in [6.45, 7) is 4.59. The van der Waals surface area contributed by atoms with Crippen molar-refractivity contribution in [2.45, 2.75) is 32.8 Å². The minimum absolute atomic E-state index is 0.175. The van der Waals surface area contributed by atoms with E-state index in [-0.39, 0.29) is 12.4 Å². The van der Waals surface area contributed by atoms with Crippen LogP contribution in [0.3, 0.4) is 0 Å². The minimum Gasteiger partial charge on any atom is -0.485 e. The predicted molar refractivity (Wildman–Crippen MR) is 83.5 cm³/mol. The molecule has 1 fully saturated rings. The zero-order chi connectivity index (χ0) is 16.1. The molecule has 1 aromatic heterocycles. The molecule has 0 spiro atoms. The molecule has 0 bridgehead atoms. The van der Waals surface area contributed by atoms with E-state index in [9.17, 15) is 4.39 Å². The molecule has 1 saturated heterocycles. The summed E-state index contributed by atoms with van der Waals surface area (Å²) in [4.78, 5) is 4.37. The van der Waals surface area contributed by atoms with Crippen LogP contribution in [0.2, 0.25) is 0 Å². The summed E-state index contributed by atoms with van der Waals surface area (Å²) in [7, 11) is 0. The number of nitrogens with zero attached hydrogens (tertiary/aromatic N) is 2. The Labute approximate surface area is 135 Å². The van der Waals surface area contributed by atoms with Crippen LogP contribution in [0.4, 0.5) is 4.39 Å². The first-order valence-electron chi connectivity index (χ1n) is 8.11. The second kappa shape index (κ2) is 7.55. The number of nitrogens with one attached hydrogen (secondary N) is 1. The molecular weight excluding hydrogens is 297 g/mol. The summed E-state index contributed by atoms with van der Waals surface area (Å²) in [6.07, 6.45) is 3.19. The number of piperidine rings is 1. The van der Waals surface area contributed by atoms with Gasteiger partial charge >= 0.3 is 0 Å². The summed E-state index contributed by atoms with van der Waals surface area (Å²) in [5, 5.41) is 7.31. The fourth-order valence-electron chi connectivity index (χ4n) is 2.99. The summed E-state index contributed by atoms with van der Waals surface area (Å²) in [5.74, 6) is 2.49. The lowest BCUT2D eigenvalue weighted by atomic mass is 9.84. The molecule has 0 amide bonds. The van der Waals surface area contributed by atoms with Crippen molar-refractivity contribution in [3.63, 3.8) is 0 Å². The van der Waals surface area contributed by atoms with Gasteiger partial charge in [-0.15, -0.1) is 0 Å². The number of hydrogen-bond acceptors (Lipinski definition) is 5. The van der Waals surface area contributed by atoms with E-state index in [1.807, 2.05) is 0 Å². The van der Waals surface area contributed by atoms with E-state index >= 15 is 0 Å². The Morgan fingerprint density at radius 2 is 2.22 bits per heavy atom. The molecule has 3 rings (SSSR count). The number of halogens is 1. The van der Waals surface area contributed by atoms with Crippen molar-refractivity contribution in [3.8, 4) is 5.75 Å². The number of aromatic nitrogens is 2. The maximum Gasteiger partial charge on any atom is 0.227 e. The first-order valence-corrected chi connectivity index (χ1v) is 8.11. The van der Waals surface area contributed by atoms with Crippen molar-refractivity contribution < 1.29 is 13.7 Å². The molecule has 0 saturated carbocycles. The van der Waals surface area contributed by atoms with Crippen LogP contribution in [-0.4, -0.2) is 23.2 Å². The molecule has 2 heterocycles. The van der Waals surface area contributed by atoms with Gasteiger partial charge in [0.05, 0.1) is 0 Å². The Morgan fingerprint density at radius 1 is 1.39 bits per heavy atom. The average Bonchev–Trinajstić information content (AvgIpc) is 3.01. The van der Waals surface area contributed by atoms with Gasteiger partial charge < -0.3 is 14.6 Å². The summed E-state index contributed by atoms with van der Waals surface area (Å²) in [5.41, 5.74) is 0. The Kier molecular flexibility index (Phi) is 5.23. The van der Waals surface area contributed by atoms with Gasteiger partial charge in [-0.05, 0) is 49.9 Å². The monoisotopic (exact) mass is 319 g/mol. The first kappa shape index (κ1) is 15.9. The molecule has 1 aliphatic heterocycles. The van der Waals surface area contributed by atoms with E-state index in [1.54, 1.807) is 12.1 Å². The highest BCUT2D eigenvalue weighted by Gasteiger charge is 2.22. The molecule has 23 heavy (non-hydrogen) atoms. The number of rotatable bonds is 6. The van der Waals surface area contributed by atoms with Crippen molar-refractivity contribution in [2.75, 3.05) is 13.1 Å². The third-order valence-corrected chi connectivity index (χ3v) is 4.36. The van der Waals surface area contributed by atoms with E-state index in [2.05, 4.69) is 22.4 Å². The first-order chi connectivity index (χ1) is 11.2. The van der Waals surface area contributed by atoms with Crippen LogP contribution in [0, 0.1) is 17.7 Å². The largest absolute Gasteiger partial charge is 0.485 e. The number of benzene rings is 1. The van der Waals surface area contributed by atoms with Gasteiger partial charge in [0.25, 0.3) is 0 Å². The van der Waals surface area contributed by atoms with E-state index < -0.39 is 0 Å². The topological polar surface area (TPSA) is 60.2 Å². The van der Waals surface area contributed by atoms with Crippen molar-refractivity contribution in [1.29, 1.82) is 0 Å². The number of hydrogen-bond donors (Lipinski definition) is 1. The molecule has 2 aromatic rings. The van der Waals surface area contributed by atoms with Crippen molar-refractivity contribution in [3.05, 3.63) is 41.8 Å². The molecule has 6 heteroatoms. The Hall–Kier alpha value is -1.95. The highest BCUT2D eigenvalue weighted by Crippen LogP contribution is 2.24. The molecule has 1 aromatic carbocycles. The normalized spacial score (nSPS) is 17.1. The highest BCUT2D eigenvalue weighted by atomic mass is 19.1. The third-order valence-electron chi connectivity index (χ3n) is 4.36. The van der Waals surface area contributed by atoms with E-state index in [0.29, 0.717) is 29.3 Å². The lowest BCUT2D eigenvalue weighted by Gasteiger charge is -2.27. The molecule has 0 radical (unpaired) electrons. The van der Waals surface area contributed by atoms with Gasteiger partial charge in [0.15, 0.2) is 6.61 Å². The van der Waals surface area contributed by atoms with E-state index in [1.165, 1.54) is 25.0 Å². The van der Waals surface area contributed by atoms with Crippen LogP contribution >= 0.6 is 0 Å². The van der Waals surface area contributed by atoms with Crippen molar-refractivity contribution >= 4 is 0 Å². The van der Waals surface area contributed by atoms with E-state index in [0.717, 1.165) is 19.5 Å². The van der Waals surface area contributed by atoms with Crippen LogP contribution in [0.5, 0.6) is 5.75 Å². The Bertz CT molecular complexity index is 626. The van der Waals surface area contributed by atoms with Gasteiger partial charge in [-0.25, -0.2) is 4.39 Å². The molecule has 1 unspecified atom stereocenters. The standard InChI is InChI=1S/C17H22FN3O2/c1-12(13-5-7-19-8-6-13)9-17-20-16(21-23-17)11-22-15-4-2-3-14(18)10-15/h2-4,10,12-13,19H,5-9,11H2,1H3. The maximum atomic E-state index is 13.1. The second-order valence-corrected chi connectivity index (χ2v) is 6.12. The SMILES string of the molecule is CC(Cc1nc(COc2cccc(F)c2)no1)C1CCNCC1. The van der Waals surface area contributed by atoms with Crippen LogP contribution in [0.25, 0.3) is 0 Å². The van der Waals surface area contributed by atoms with Gasteiger partial charge in [0.1, 0.15) is 11.6 Å². The van der Waals surface area contributed by atoms with Gasteiger partial charge in [0, 0.05) is 12.5 Å². The molecule has 5 nitrogen and oxygen atoms in total. The molecule has 1 aliphatic rings. The van der Waals surface area contributed by atoms with Gasteiger partial charge in [-0.2, -0.15) is 4.98 Å². The van der Waals surface area contributed by atoms with Crippen molar-refractivity contribution in [1.82, 2.24) is 15.5 Å². The molecule has 1 atom stereocenters. The lowest BCUT2D eigenvalue weighted by Crippen LogP contribution is -2.31. The van der Waals surface area contributed by atoms with Gasteiger partial charge in [-0.1, -0.05) is 18.1 Å². The summed E-state index contributed by atoms with van der Waals surface area (Å²) in [6, 6.07) is 6.01. The van der Waals surface area contributed by atoms with Crippen LogP contribution < -0.4 is 10.1 Å². The average molecular weight is 319 g/mol. The molecule has 124 valence electrons. The zero-order valence-electron chi connectivity index (χ0n) is 13.3. The predicted octanol–water partition coefficient (Wildman–Crippen LogP) is 2.97. The summed E-state index contributed by atoms with van der Waals surface area (Å²) < 4.78 is 23.9. The van der Waals surface area contributed by atoms with E-state index in [4.69, 9.17) is 9.26 Å². The molecular formula is C17H22FN3O2. The van der Waals surface area contributed by atoms with Gasteiger partial charge in [-0.3, -0.25) is 0 Å². The smallest absolute Gasteiger partial charge is 0.227 e. The quantitative estimate of drug-likeness (QED) is 0.887. The van der Waals surface area contributed by atoms with Crippen molar-refractivity contribution in [2.24, 2.45) is 11.8 Å². The Morgan fingerprint density at radius 3 is 3.00 bits per heavy atom. The van der Waals surface area contributed by atoms with Crippen LogP contribution in [-0.2, 0) is 13.0 Å². The third kappa shape index (κ3) is 4.51. The minimum atomic E-state index is -0.327. The number of ether oxygens (including phenoxy) is 1. The fraction of sp³-hybridized carbons (Fsp3) is 0.529. The zero-order valence-corrected chi connectivity index (χ0v) is 13.3. The lowest BCUT2D eigenvalue weighted by molar-refractivity contribution is 0.251. The van der Waals surface area contributed by atoms with Crippen LogP contribution in [0.1, 0.15) is 31.5 Å². The Balaban J connectivity index is 1.51. The fourth-order valence-corrected chi connectivity index (χ4v) is 2.99. The molecule has 1 N–H and O–H groups in total. The molecule has 0 aliphatic carbocycles. The summed E-state index contributed by atoms with van der Waals surface area (Å²) >= 11 is 0.